The second-order valence-electron chi connectivity index (χ2n) is 4.81. The van der Waals surface area contributed by atoms with Crippen LogP contribution < -0.4 is 5.32 Å². The topological polar surface area (TPSA) is 92.5 Å². The first-order valence-electron chi connectivity index (χ1n) is 6.69. The zero-order chi connectivity index (χ0) is 16.0. The van der Waals surface area contributed by atoms with E-state index in [1.54, 1.807) is 19.1 Å². The summed E-state index contributed by atoms with van der Waals surface area (Å²) in [7, 11) is -3.19. The Morgan fingerprint density at radius 3 is 2.57 bits per heavy atom. The lowest BCUT2D eigenvalue weighted by atomic mass is 10.2. The van der Waals surface area contributed by atoms with Gasteiger partial charge in [-0.2, -0.15) is 0 Å². The van der Waals surface area contributed by atoms with Gasteiger partial charge in [0, 0.05) is 25.7 Å². The van der Waals surface area contributed by atoms with E-state index >= 15 is 0 Å². The highest BCUT2D eigenvalue weighted by Gasteiger charge is 2.15. The number of anilines is 1. The Bertz CT molecular complexity index is 601. The molecule has 0 unspecified atom stereocenters. The molecule has 0 aliphatic rings. The van der Waals surface area contributed by atoms with Crippen molar-refractivity contribution in [3.05, 3.63) is 33.9 Å². The third-order valence-corrected chi connectivity index (χ3v) is 4.45. The van der Waals surface area contributed by atoms with Crippen LogP contribution in [0.2, 0.25) is 0 Å². The van der Waals surface area contributed by atoms with E-state index in [9.17, 15) is 18.5 Å². The second kappa shape index (κ2) is 7.37. The number of sulfonamides is 1. The molecule has 0 aromatic heterocycles. The lowest BCUT2D eigenvalue weighted by Crippen LogP contribution is -2.31. The smallest absolute Gasteiger partial charge is 0.292 e. The van der Waals surface area contributed by atoms with E-state index in [1.165, 1.54) is 16.6 Å². The predicted octanol–water partition coefficient (Wildman–Crippen LogP) is 1.99. The van der Waals surface area contributed by atoms with E-state index in [2.05, 4.69) is 5.32 Å². The molecule has 8 heteroatoms. The molecule has 0 radical (unpaired) electrons. The van der Waals surface area contributed by atoms with Crippen molar-refractivity contribution >= 4 is 21.4 Å². The molecule has 7 nitrogen and oxygen atoms in total. The predicted molar refractivity (Wildman–Crippen MR) is 83.0 cm³/mol. The SMILES string of the molecule is CCN(CCCNc1cc(C)ccc1[N+](=O)[O-])S(C)(=O)=O. The maximum Gasteiger partial charge on any atom is 0.292 e. The standard InChI is InChI=1S/C13H21N3O4S/c1-4-15(21(3,19)20)9-5-8-14-12-10-11(2)6-7-13(12)16(17)18/h6-7,10,14H,4-5,8-9H2,1-3H3. The van der Waals surface area contributed by atoms with E-state index in [0.29, 0.717) is 31.7 Å². The van der Waals surface area contributed by atoms with Gasteiger partial charge in [0.05, 0.1) is 11.2 Å². The minimum atomic E-state index is -3.19. The first-order valence-corrected chi connectivity index (χ1v) is 8.54. The van der Waals surface area contributed by atoms with Crippen LogP contribution in [0, 0.1) is 17.0 Å². The molecule has 0 aliphatic heterocycles. The Balaban J connectivity index is 2.61. The normalized spacial score (nSPS) is 11.6. The summed E-state index contributed by atoms with van der Waals surface area (Å²) >= 11 is 0. The third kappa shape index (κ3) is 5.31. The Morgan fingerprint density at radius 2 is 2.05 bits per heavy atom. The summed E-state index contributed by atoms with van der Waals surface area (Å²) in [4.78, 5) is 10.5. The van der Waals surface area contributed by atoms with Crippen LogP contribution in [-0.4, -0.2) is 43.5 Å². The van der Waals surface area contributed by atoms with Crippen LogP contribution in [-0.2, 0) is 10.0 Å². The average molecular weight is 315 g/mol. The van der Waals surface area contributed by atoms with E-state index in [-0.39, 0.29) is 5.69 Å². The number of hydrogen-bond donors (Lipinski definition) is 1. The Kier molecular flexibility index (Phi) is 6.10. The number of hydrogen-bond acceptors (Lipinski definition) is 5. The monoisotopic (exact) mass is 315 g/mol. The molecule has 0 saturated carbocycles. The van der Waals surface area contributed by atoms with Crippen LogP contribution in [0.3, 0.4) is 0 Å². The van der Waals surface area contributed by atoms with Gasteiger partial charge in [-0.25, -0.2) is 12.7 Å². The van der Waals surface area contributed by atoms with Crippen molar-refractivity contribution in [3.63, 3.8) is 0 Å². The lowest BCUT2D eigenvalue weighted by molar-refractivity contribution is -0.384. The van der Waals surface area contributed by atoms with Crippen LogP contribution in [0.1, 0.15) is 18.9 Å². The summed E-state index contributed by atoms with van der Waals surface area (Å²) < 4.78 is 24.2. The molecule has 1 aromatic rings. The molecular weight excluding hydrogens is 294 g/mol. The number of nitrogens with zero attached hydrogens (tertiary/aromatic N) is 2. The van der Waals surface area contributed by atoms with Crippen LogP contribution in [0.25, 0.3) is 0 Å². The molecule has 1 rings (SSSR count). The first-order chi connectivity index (χ1) is 9.75. The molecular formula is C13H21N3O4S. The Hall–Kier alpha value is -1.67. The molecule has 21 heavy (non-hydrogen) atoms. The van der Waals surface area contributed by atoms with Crippen molar-refractivity contribution in [2.24, 2.45) is 0 Å². The van der Waals surface area contributed by atoms with Crippen LogP contribution in [0.15, 0.2) is 18.2 Å². The molecule has 0 bridgehead atoms. The number of nitro groups is 1. The summed E-state index contributed by atoms with van der Waals surface area (Å²) in [6.45, 7) is 4.92. The van der Waals surface area contributed by atoms with Crippen molar-refractivity contribution in [3.8, 4) is 0 Å². The van der Waals surface area contributed by atoms with Gasteiger partial charge in [0.2, 0.25) is 10.0 Å². The number of nitrogens with one attached hydrogen (secondary N) is 1. The maximum absolute atomic E-state index is 11.4. The number of aryl methyl sites for hydroxylation is 1. The lowest BCUT2D eigenvalue weighted by Gasteiger charge is -2.17. The molecule has 0 aliphatic carbocycles. The van der Waals surface area contributed by atoms with Gasteiger partial charge in [0.1, 0.15) is 5.69 Å². The summed E-state index contributed by atoms with van der Waals surface area (Å²) in [5.74, 6) is 0. The van der Waals surface area contributed by atoms with Gasteiger partial charge in [0.25, 0.3) is 5.69 Å². The maximum atomic E-state index is 11.4. The molecule has 0 atom stereocenters. The molecule has 0 heterocycles. The fraction of sp³-hybridized carbons (Fsp3) is 0.538. The van der Waals surface area contributed by atoms with Crippen molar-refractivity contribution in [2.75, 3.05) is 31.2 Å². The summed E-state index contributed by atoms with van der Waals surface area (Å²) in [6.07, 6.45) is 1.75. The zero-order valence-electron chi connectivity index (χ0n) is 12.5. The molecule has 0 fully saturated rings. The fourth-order valence-electron chi connectivity index (χ4n) is 1.99. The molecule has 1 aromatic carbocycles. The van der Waals surface area contributed by atoms with Gasteiger partial charge in [-0.05, 0) is 25.0 Å². The van der Waals surface area contributed by atoms with Crippen molar-refractivity contribution in [1.82, 2.24) is 4.31 Å². The first kappa shape index (κ1) is 17.4. The van der Waals surface area contributed by atoms with Gasteiger partial charge in [-0.3, -0.25) is 10.1 Å². The van der Waals surface area contributed by atoms with E-state index in [4.69, 9.17) is 0 Å². The summed E-state index contributed by atoms with van der Waals surface area (Å²) in [5, 5.41) is 13.9. The third-order valence-electron chi connectivity index (χ3n) is 3.07. The van der Waals surface area contributed by atoms with Gasteiger partial charge < -0.3 is 5.32 Å². The number of nitro benzene ring substituents is 1. The zero-order valence-corrected chi connectivity index (χ0v) is 13.3. The largest absolute Gasteiger partial charge is 0.379 e. The number of benzene rings is 1. The van der Waals surface area contributed by atoms with Gasteiger partial charge in [-0.1, -0.05) is 13.0 Å². The second-order valence-corrected chi connectivity index (χ2v) is 6.80. The Labute approximate surface area is 125 Å². The highest BCUT2D eigenvalue weighted by Crippen LogP contribution is 2.25. The van der Waals surface area contributed by atoms with Crippen molar-refractivity contribution < 1.29 is 13.3 Å². The molecule has 0 spiro atoms. The molecule has 0 saturated heterocycles. The highest BCUT2D eigenvalue weighted by atomic mass is 32.2. The van der Waals surface area contributed by atoms with E-state index in [0.717, 1.165) is 5.56 Å². The fourth-order valence-corrected chi connectivity index (χ4v) is 2.92. The molecule has 1 N–H and O–H groups in total. The highest BCUT2D eigenvalue weighted by molar-refractivity contribution is 7.88. The van der Waals surface area contributed by atoms with E-state index in [1.807, 2.05) is 6.92 Å². The van der Waals surface area contributed by atoms with Crippen LogP contribution in [0.5, 0.6) is 0 Å². The summed E-state index contributed by atoms with van der Waals surface area (Å²) in [6, 6.07) is 4.87. The van der Waals surface area contributed by atoms with Crippen molar-refractivity contribution in [2.45, 2.75) is 20.3 Å². The Morgan fingerprint density at radius 1 is 1.38 bits per heavy atom. The number of rotatable bonds is 8. The quantitative estimate of drug-likeness (QED) is 0.450. The molecule has 0 amide bonds. The van der Waals surface area contributed by atoms with Gasteiger partial charge in [-0.15, -0.1) is 0 Å². The average Bonchev–Trinajstić information content (AvgIpc) is 2.36. The van der Waals surface area contributed by atoms with Gasteiger partial charge >= 0.3 is 0 Å². The van der Waals surface area contributed by atoms with Crippen molar-refractivity contribution in [1.29, 1.82) is 0 Å². The molecule has 118 valence electrons. The van der Waals surface area contributed by atoms with E-state index < -0.39 is 14.9 Å². The van der Waals surface area contributed by atoms with Crippen LogP contribution in [0.4, 0.5) is 11.4 Å². The van der Waals surface area contributed by atoms with Crippen LogP contribution >= 0.6 is 0 Å². The summed E-state index contributed by atoms with van der Waals surface area (Å²) in [5.41, 5.74) is 1.41. The minimum Gasteiger partial charge on any atom is -0.379 e. The minimum absolute atomic E-state index is 0.0241. The van der Waals surface area contributed by atoms with Gasteiger partial charge in [0.15, 0.2) is 0 Å².